The van der Waals surface area contributed by atoms with E-state index >= 15 is 0 Å². The third-order valence-electron chi connectivity index (χ3n) is 6.78. The second kappa shape index (κ2) is 11.2. The van der Waals surface area contributed by atoms with Gasteiger partial charge in [-0.3, -0.25) is 4.79 Å². The Kier molecular flexibility index (Phi) is 7.71. The van der Waals surface area contributed by atoms with E-state index in [-0.39, 0.29) is 17.8 Å². The summed E-state index contributed by atoms with van der Waals surface area (Å²) >= 11 is 6.41. The SMILES string of the molecule is CC(C)(C)OC(=O)N1CCC(CNC(=O)c2ccc(Cc3cc(Cl)cc4cc(-c5ccccc5)oc34)o2)CC1. The van der Waals surface area contributed by atoms with E-state index in [1.807, 2.05) is 75.4 Å². The van der Waals surface area contributed by atoms with E-state index in [4.69, 9.17) is 25.2 Å². The number of fused-ring (bicyclic) bond motifs is 1. The number of carbonyl (C=O) groups is 2. The van der Waals surface area contributed by atoms with Gasteiger partial charge in [-0.05, 0) is 69.9 Å². The minimum absolute atomic E-state index is 0.253. The Labute approximate surface area is 233 Å². The van der Waals surface area contributed by atoms with Crippen LogP contribution in [-0.2, 0) is 11.2 Å². The van der Waals surface area contributed by atoms with E-state index in [2.05, 4.69) is 5.32 Å². The number of likely N-dealkylation sites (tertiary alicyclic amines) is 1. The maximum absolute atomic E-state index is 12.8. The zero-order chi connectivity index (χ0) is 27.6. The number of nitrogens with one attached hydrogen (secondary N) is 1. The highest BCUT2D eigenvalue weighted by molar-refractivity contribution is 6.31. The highest BCUT2D eigenvalue weighted by Crippen LogP contribution is 2.33. The van der Waals surface area contributed by atoms with E-state index in [0.29, 0.717) is 42.8 Å². The molecular weight excluding hydrogens is 516 g/mol. The Hall–Kier alpha value is -3.71. The monoisotopic (exact) mass is 548 g/mol. The first-order valence-corrected chi connectivity index (χ1v) is 13.6. The number of benzene rings is 2. The molecule has 0 radical (unpaired) electrons. The van der Waals surface area contributed by atoms with E-state index in [1.54, 1.807) is 11.0 Å². The number of halogens is 1. The molecule has 3 heterocycles. The summed E-state index contributed by atoms with van der Waals surface area (Å²) in [5.74, 6) is 1.72. The van der Waals surface area contributed by atoms with Crippen molar-refractivity contribution >= 4 is 34.6 Å². The Morgan fingerprint density at radius 1 is 1.03 bits per heavy atom. The number of nitrogens with zero attached hydrogens (tertiary/aromatic N) is 1. The summed E-state index contributed by atoms with van der Waals surface area (Å²) in [4.78, 5) is 26.8. The van der Waals surface area contributed by atoms with Gasteiger partial charge in [0.05, 0.1) is 0 Å². The first-order chi connectivity index (χ1) is 18.6. The molecule has 0 atom stereocenters. The molecule has 5 rings (SSSR count). The molecule has 1 saturated heterocycles. The van der Waals surface area contributed by atoms with Crippen LogP contribution in [0, 0.1) is 5.92 Å². The van der Waals surface area contributed by atoms with Crippen LogP contribution in [0.3, 0.4) is 0 Å². The van der Waals surface area contributed by atoms with Crippen molar-refractivity contribution in [3.63, 3.8) is 0 Å². The first kappa shape index (κ1) is 26.9. The summed E-state index contributed by atoms with van der Waals surface area (Å²) in [6.45, 7) is 7.35. The highest BCUT2D eigenvalue weighted by Gasteiger charge is 2.27. The van der Waals surface area contributed by atoms with Gasteiger partial charge in [-0.2, -0.15) is 0 Å². The second-order valence-corrected chi connectivity index (χ2v) is 11.5. The van der Waals surface area contributed by atoms with Crippen LogP contribution in [0.4, 0.5) is 4.79 Å². The molecule has 2 amide bonds. The number of amides is 2. The molecule has 39 heavy (non-hydrogen) atoms. The average Bonchev–Trinajstić information content (AvgIpc) is 3.54. The summed E-state index contributed by atoms with van der Waals surface area (Å²) in [6.07, 6.45) is 1.77. The van der Waals surface area contributed by atoms with Crippen LogP contribution in [0.2, 0.25) is 5.02 Å². The van der Waals surface area contributed by atoms with Crippen LogP contribution < -0.4 is 5.32 Å². The number of ether oxygens (including phenoxy) is 1. The zero-order valence-corrected chi connectivity index (χ0v) is 23.2. The molecular formula is C31H33ClN2O5. The number of furan rings is 2. The smallest absolute Gasteiger partial charge is 0.410 e. The minimum atomic E-state index is -0.508. The molecule has 1 aliphatic rings. The molecule has 1 fully saturated rings. The summed E-state index contributed by atoms with van der Waals surface area (Å²) in [5.41, 5.74) is 2.12. The summed E-state index contributed by atoms with van der Waals surface area (Å²) in [6, 6.07) is 19.1. The van der Waals surface area contributed by atoms with Crippen LogP contribution >= 0.6 is 11.6 Å². The fourth-order valence-corrected chi connectivity index (χ4v) is 5.06. The molecule has 0 unspecified atom stereocenters. The van der Waals surface area contributed by atoms with E-state index in [0.717, 1.165) is 40.7 Å². The van der Waals surface area contributed by atoms with E-state index in [1.165, 1.54) is 0 Å². The molecule has 2 aromatic heterocycles. The molecule has 1 N–H and O–H groups in total. The molecule has 1 aliphatic heterocycles. The quantitative estimate of drug-likeness (QED) is 0.273. The molecule has 8 heteroatoms. The molecule has 4 aromatic rings. The van der Waals surface area contributed by atoms with Crippen molar-refractivity contribution < 1.29 is 23.2 Å². The van der Waals surface area contributed by atoms with Crippen molar-refractivity contribution in [2.24, 2.45) is 5.92 Å². The predicted molar refractivity (Wildman–Crippen MR) is 151 cm³/mol. The summed E-state index contributed by atoms with van der Waals surface area (Å²) in [5, 5.41) is 4.51. The van der Waals surface area contributed by atoms with Gasteiger partial charge in [0, 0.05) is 47.6 Å². The van der Waals surface area contributed by atoms with Gasteiger partial charge in [0.1, 0.15) is 22.7 Å². The Morgan fingerprint density at radius 3 is 2.49 bits per heavy atom. The first-order valence-electron chi connectivity index (χ1n) is 13.3. The maximum Gasteiger partial charge on any atom is 0.410 e. The molecule has 0 spiro atoms. The van der Waals surface area contributed by atoms with Crippen LogP contribution in [0.5, 0.6) is 0 Å². The third-order valence-corrected chi connectivity index (χ3v) is 7.00. The maximum atomic E-state index is 12.8. The van der Waals surface area contributed by atoms with Crippen molar-refractivity contribution in [2.45, 2.75) is 45.6 Å². The van der Waals surface area contributed by atoms with Crippen molar-refractivity contribution in [1.82, 2.24) is 10.2 Å². The van der Waals surface area contributed by atoms with Crippen LogP contribution in [-0.4, -0.2) is 42.1 Å². The Balaban J connectivity index is 1.18. The van der Waals surface area contributed by atoms with E-state index < -0.39 is 5.60 Å². The van der Waals surface area contributed by atoms with Crippen molar-refractivity contribution in [2.75, 3.05) is 19.6 Å². The number of hydrogen-bond acceptors (Lipinski definition) is 5. The number of hydrogen-bond donors (Lipinski definition) is 1. The molecule has 204 valence electrons. The fourth-order valence-electron chi connectivity index (χ4n) is 4.81. The number of rotatable bonds is 6. The van der Waals surface area contributed by atoms with Crippen LogP contribution in [0.1, 0.15) is 55.5 Å². The lowest BCUT2D eigenvalue weighted by atomic mass is 9.97. The van der Waals surface area contributed by atoms with Crippen molar-refractivity contribution in [3.05, 3.63) is 82.8 Å². The largest absolute Gasteiger partial charge is 0.456 e. The molecule has 0 bridgehead atoms. The Bertz CT molecular complexity index is 1460. The molecule has 0 saturated carbocycles. The fraction of sp³-hybridized carbons (Fsp3) is 0.355. The van der Waals surface area contributed by atoms with Gasteiger partial charge >= 0.3 is 6.09 Å². The third kappa shape index (κ3) is 6.66. The number of carbonyl (C=O) groups excluding carboxylic acids is 2. The lowest BCUT2D eigenvalue weighted by molar-refractivity contribution is 0.0183. The van der Waals surface area contributed by atoms with Crippen LogP contribution in [0.25, 0.3) is 22.3 Å². The number of piperidine rings is 1. The minimum Gasteiger partial charge on any atom is -0.456 e. The normalized spacial score (nSPS) is 14.5. The molecule has 0 aliphatic carbocycles. The van der Waals surface area contributed by atoms with Crippen molar-refractivity contribution in [1.29, 1.82) is 0 Å². The van der Waals surface area contributed by atoms with E-state index in [9.17, 15) is 9.59 Å². The standard InChI is InChI=1S/C31H33ClN2O5/c1-31(2,3)39-30(36)34-13-11-20(12-14-34)19-33-29(35)26-10-9-25(37-26)17-22-15-24(32)16-23-18-27(38-28(22)23)21-7-5-4-6-8-21/h4-10,15-16,18,20H,11-14,17,19H2,1-3H3,(H,33,35). The molecule has 7 nitrogen and oxygen atoms in total. The lowest BCUT2D eigenvalue weighted by Crippen LogP contribution is -2.43. The molecule has 2 aromatic carbocycles. The van der Waals surface area contributed by atoms with Gasteiger partial charge in [0.25, 0.3) is 5.91 Å². The van der Waals surface area contributed by atoms with Gasteiger partial charge < -0.3 is 23.8 Å². The van der Waals surface area contributed by atoms with Gasteiger partial charge in [-0.25, -0.2) is 4.79 Å². The second-order valence-electron chi connectivity index (χ2n) is 11.0. The van der Waals surface area contributed by atoms with Gasteiger partial charge in [0.15, 0.2) is 5.76 Å². The summed E-state index contributed by atoms with van der Waals surface area (Å²) < 4.78 is 17.6. The van der Waals surface area contributed by atoms with Crippen LogP contribution in [0.15, 0.2) is 69.5 Å². The average molecular weight is 549 g/mol. The summed E-state index contributed by atoms with van der Waals surface area (Å²) in [7, 11) is 0. The topological polar surface area (TPSA) is 84.9 Å². The van der Waals surface area contributed by atoms with Gasteiger partial charge in [0.2, 0.25) is 0 Å². The highest BCUT2D eigenvalue weighted by atomic mass is 35.5. The lowest BCUT2D eigenvalue weighted by Gasteiger charge is -2.33. The van der Waals surface area contributed by atoms with Crippen molar-refractivity contribution in [3.8, 4) is 11.3 Å². The predicted octanol–water partition coefficient (Wildman–Crippen LogP) is 7.31. The van der Waals surface area contributed by atoms with Gasteiger partial charge in [-0.15, -0.1) is 0 Å². The zero-order valence-electron chi connectivity index (χ0n) is 22.5. The van der Waals surface area contributed by atoms with Gasteiger partial charge in [-0.1, -0.05) is 41.9 Å². The Morgan fingerprint density at radius 2 is 1.77 bits per heavy atom.